The van der Waals surface area contributed by atoms with Crippen molar-refractivity contribution in [2.45, 2.75) is 91.0 Å². The second kappa shape index (κ2) is 11.2. The summed E-state index contributed by atoms with van der Waals surface area (Å²) in [6.45, 7) is 2.42. The zero-order chi connectivity index (χ0) is 38.1. The molecule has 0 aromatic carbocycles. The number of ether oxygens (including phenoxy) is 1. The smallest absolute Gasteiger partial charge is 0.452 e. The highest BCUT2D eigenvalue weighted by Gasteiger charge is 2.93. The highest BCUT2D eigenvalue weighted by molar-refractivity contribution is 5.87. The topological polar surface area (TPSA) is 26.3 Å². The van der Waals surface area contributed by atoms with Crippen LogP contribution in [0.1, 0.15) is 13.3 Å². The standard InChI is InChI=1S/C18H8F26O2/c1-4(2)6(45)46-5(8(21,22)10(25,26)12(29,30)14(33,34)16(37,38)18(42,43)44)3-7(19,20)9(23,24)11(27,28)13(31,32)15(35,36)17(39,40)41/h5H,1,3H2,2H3. The van der Waals surface area contributed by atoms with E-state index in [2.05, 4.69) is 11.3 Å². The van der Waals surface area contributed by atoms with Crippen molar-refractivity contribution in [1.29, 1.82) is 0 Å². The fourth-order valence-corrected chi connectivity index (χ4v) is 2.62. The van der Waals surface area contributed by atoms with Gasteiger partial charge in [-0.1, -0.05) is 6.58 Å². The second-order valence-electron chi connectivity index (χ2n) is 8.80. The normalized spacial score (nSPS) is 16.8. The number of carbonyl (C=O) groups excluding carboxylic acids is 1. The van der Waals surface area contributed by atoms with Gasteiger partial charge in [0.15, 0.2) is 6.10 Å². The van der Waals surface area contributed by atoms with Crippen molar-refractivity contribution in [3.05, 3.63) is 12.2 Å². The molecule has 0 bridgehead atoms. The van der Waals surface area contributed by atoms with E-state index in [1.54, 1.807) is 0 Å². The molecule has 0 saturated carbocycles. The van der Waals surface area contributed by atoms with Crippen molar-refractivity contribution in [3.8, 4) is 0 Å². The number of halogens is 26. The van der Waals surface area contributed by atoms with Crippen LogP contribution in [0, 0.1) is 0 Å². The maximum absolute atomic E-state index is 14.4. The highest BCUT2D eigenvalue weighted by Crippen LogP contribution is 2.64. The summed E-state index contributed by atoms with van der Waals surface area (Å²) in [5.41, 5.74) is -1.65. The molecule has 0 aliphatic rings. The van der Waals surface area contributed by atoms with E-state index < -0.39 is 95.6 Å². The Morgan fingerprint density at radius 2 is 0.739 bits per heavy atom. The first-order valence-corrected chi connectivity index (χ1v) is 10.2. The maximum atomic E-state index is 14.4. The van der Waals surface area contributed by atoms with Gasteiger partial charge >= 0.3 is 77.5 Å². The lowest BCUT2D eigenvalue weighted by Gasteiger charge is -2.43. The fourth-order valence-electron chi connectivity index (χ4n) is 2.62. The third-order valence-corrected chi connectivity index (χ3v) is 5.40. The largest absolute Gasteiger partial charge is 0.460 e. The van der Waals surface area contributed by atoms with Crippen LogP contribution in [0.4, 0.5) is 114 Å². The number of rotatable bonds is 13. The van der Waals surface area contributed by atoms with Gasteiger partial charge in [0.25, 0.3) is 0 Å². The fraction of sp³-hybridized carbons (Fsp3) is 0.833. The Bertz CT molecular complexity index is 1140. The summed E-state index contributed by atoms with van der Waals surface area (Å²) in [6.07, 6.45) is -26.9. The zero-order valence-corrected chi connectivity index (χ0v) is 20.6. The van der Waals surface area contributed by atoms with Gasteiger partial charge in [-0.15, -0.1) is 0 Å². The molecule has 0 radical (unpaired) electrons. The van der Waals surface area contributed by atoms with Crippen molar-refractivity contribution >= 4 is 5.97 Å². The molecule has 28 heteroatoms. The first-order chi connectivity index (χ1) is 19.4. The minimum absolute atomic E-state index is 0.100. The van der Waals surface area contributed by atoms with Crippen LogP contribution in [0.2, 0.25) is 0 Å². The van der Waals surface area contributed by atoms with E-state index in [4.69, 9.17) is 0 Å². The second-order valence-corrected chi connectivity index (χ2v) is 8.80. The summed E-state index contributed by atoms with van der Waals surface area (Å²) in [5.74, 6) is -89.1. The third-order valence-electron chi connectivity index (χ3n) is 5.40. The number of alkyl halides is 26. The summed E-state index contributed by atoms with van der Waals surface area (Å²) in [6, 6.07) is 0. The molecular formula is C18H8F26O2. The van der Waals surface area contributed by atoms with Crippen LogP contribution in [-0.4, -0.2) is 83.7 Å². The van der Waals surface area contributed by atoms with Crippen LogP contribution < -0.4 is 0 Å². The summed E-state index contributed by atoms with van der Waals surface area (Å²) >= 11 is 0. The van der Waals surface area contributed by atoms with Crippen molar-refractivity contribution in [1.82, 2.24) is 0 Å². The van der Waals surface area contributed by atoms with Gasteiger partial charge in [-0.3, -0.25) is 0 Å². The quantitative estimate of drug-likeness (QED) is 0.107. The Morgan fingerprint density at radius 1 is 0.478 bits per heavy atom. The molecule has 0 amide bonds. The zero-order valence-electron chi connectivity index (χ0n) is 20.6. The number of esters is 1. The molecular weight excluding hydrogens is 742 g/mol. The first-order valence-electron chi connectivity index (χ1n) is 10.2. The van der Waals surface area contributed by atoms with Gasteiger partial charge in [0, 0.05) is 5.57 Å². The van der Waals surface area contributed by atoms with Gasteiger partial charge in [-0.2, -0.15) is 114 Å². The average Bonchev–Trinajstić information content (AvgIpc) is 2.80. The van der Waals surface area contributed by atoms with Crippen LogP contribution in [-0.2, 0) is 9.53 Å². The van der Waals surface area contributed by atoms with Gasteiger partial charge < -0.3 is 4.74 Å². The van der Waals surface area contributed by atoms with E-state index >= 15 is 0 Å². The van der Waals surface area contributed by atoms with Gasteiger partial charge in [-0.25, -0.2) is 4.79 Å². The molecule has 1 atom stereocenters. The predicted molar refractivity (Wildman–Crippen MR) is 90.9 cm³/mol. The first kappa shape index (κ1) is 43.4. The molecule has 0 aromatic heterocycles. The number of carbonyl (C=O) groups is 1. The van der Waals surface area contributed by atoms with Crippen LogP contribution in [0.15, 0.2) is 12.2 Å². The number of hydrogen-bond donors (Lipinski definition) is 0. The molecule has 0 saturated heterocycles. The molecule has 2 nitrogen and oxygen atoms in total. The highest BCUT2D eigenvalue weighted by atomic mass is 19.4. The van der Waals surface area contributed by atoms with Gasteiger partial charge in [-0.05, 0) is 6.92 Å². The van der Waals surface area contributed by atoms with Crippen molar-refractivity contribution in [2.75, 3.05) is 0 Å². The Hall–Kier alpha value is -2.61. The van der Waals surface area contributed by atoms with Gasteiger partial charge in [0.2, 0.25) is 0 Å². The molecule has 0 aromatic rings. The summed E-state index contributed by atoms with van der Waals surface area (Å²) in [5, 5.41) is 0. The van der Waals surface area contributed by atoms with Crippen molar-refractivity contribution < 1.29 is 124 Å². The van der Waals surface area contributed by atoms with Gasteiger partial charge in [0.1, 0.15) is 0 Å². The predicted octanol–water partition coefficient (Wildman–Crippen LogP) is 9.34. The maximum Gasteiger partial charge on any atom is 0.460 e. The lowest BCUT2D eigenvalue weighted by Crippen LogP contribution is -2.73. The summed E-state index contributed by atoms with van der Waals surface area (Å²) < 4.78 is 349. The van der Waals surface area contributed by atoms with Crippen molar-refractivity contribution in [3.63, 3.8) is 0 Å². The monoisotopic (exact) mass is 750 g/mol. The molecule has 0 N–H and O–H groups in total. The summed E-state index contributed by atoms with van der Waals surface area (Å²) in [4.78, 5) is 11.4. The van der Waals surface area contributed by atoms with Gasteiger partial charge in [0.05, 0.1) is 6.42 Å². The minimum Gasteiger partial charge on any atom is -0.452 e. The minimum atomic E-state index is -8.94. The van der Waals surface area contributed by atoms with E-state index in [0.29, 0.717) is 0 Å². The molecule has 0 fully saturated rings. The molecule has 0 rings (SSSR count). The van der Waals surface area contributed by atoms with E-state index in [9.17, 15) is 119 Å². The van der Waals surface area contributed by atoms with Crippen LogP contribution >= 0.6 is 0 Å². The molecule has 0 spiro atoms. The third kappa shape index (κ3) is 5.97. The Labute approximate surface area is 234 Å². The molecule has 0 aliphatic heterocycles. The van der Waals surface area contributed by atoms with E-state index in [-0.39, 0.29) is 6.92 Å². The van der Waals surface area contributed by atoms with Crippen LogP contribution in [0.25, 0.3) is 0 Å². The molecule has 0 heterocycles. The SMILES string of the molecule is C=C(C)C(=O)OC(CC(F)(F)C(F)(F)C(F)(F)C(F)(F)C(F)(F)C(F)(F)F)C(F)(F)C(F)(F)C(F)(F)C(F)(F)C(F)(F)C(F)(F)F. The van der Waals surface area contributed by atoms with E-state index in [0.717, 1.165) is 0 Å². The van der Waals surface area contributed by atoms with E-state index in [1.165, 1.54) is 0 Å². The lowest BCUT2D eigenvalue weighted by atomic mass is 9.86. The Kier molecular flexibility index (Phi) is 10.6. The van der Waals surface area contributed by atoms with Crippen molar-refractivity contribution in [2.24, 2.45) is 0 Å². The number of hydrogen-bond acceptors (Lipinski definition) is 2. The Morgan fingerprint density at radius 3 is 1.00 bits per heavy atom. The molecule has 1 unspecified atom stereocenters. The lowest BCUT2D eigenvalue weighted by molar-refractivity contribution is -0.449. The molecule has 46 heavy (non-hydrogen) atoms. The summed E-state index contributed by atoms with van der Waals surface area (Å²) in [7, 11) is 0. The molecule has 0 aliphatic carbocycles. The Balaban J connectivity index is 7.48. The van der Waals surface area contributed by atoms with E-state index in [1.807, 2.05) is 0 Å². The van der Waals surface area contributed by atoms with Crippen LogP contribution in [0.3, 0.4) is 0 Å². The van der Waals surface area contributed by atoms with Crippen LogP contribution in [0.5, 0.6) is 0 Å². The molecule has 274 valence electrons. The average molecular weight is 750 g/mol.